The van der Waals surface area contributed by atoms with Crippen molar-refractivity contribution in [2.75, 3.05) is 7.11 Å². The molecule has 100 valence electrons. The molecule has 1 N–H and O–H groups in total. The van der Waals surface area contributed by atoms with Crippen molar-refractivity contribution in [3.05, 3.63) is 65.0 Å². The molecule has 0 bridgehead atoms. The third kappa shape index (κ3) is 4.47. The highest BCUT2D eigenvalue weighted by Gasteiger charge is 1.97. The second-order valence-electron chi connectivity index (χ2n) is 4.73. The molecule has 1 aromatic carbocycles. The summed E-state index contributed by atoms with van der Waals surface area (Å²) in [6.45, 7) is 4.41. The molecule has 0 unspecified atom stereocenters. The highest BCUT2D eigenvalue weighted by Crippen LogP contribution is 2.07. The van der Waals surface area contributed by atoms with Crippen LogP contribution in [0.1, 0.15) is 22.3 Å². The smallest absolute Gasteiger partial charge is 0.0713 e. The van der Waals surface area contributed by atoms with E-state index < -0.39 is 0 Å². The molecule has 0 aliphatic heterocycles. The van der Waals surface area contributed by atoms with E-state index in [9.17, 15) is 0 Å². The van der Waals surface area contributed by atoms with Crippen LogP contribution in [-0.4, -0.2) is 12.1 Å². The summed E-state index contributed by atoms with van der Waals surface area (Å²) >= 11 is 0. The predicted octanol–water partition coefficient (Wildman–Crippen LogP) is 2.83. The third-order valence-electron chi connectivity index (χ3n) is 2.89. The number of aryl methyl sites for hydroxylation is 1. The Bertz CT molecular complexity index is 526. The molecule has 0 fully saturated rings. The van der Waals surface area contributed by atoms with Gasteiger partial charge in [-0.05, 0) is 29.2 Å². The molecular formula is C16H20N2O. The van der Waals surface area contributed by atoms with E-state index in [1.807, 2.05) is 12.4 Å². The van der Waals surface area contributed by atoms with Gasteiger partial charge in [-0.3, -0.25) is 4.98 Å². The molecule has 0 saturated heterocycles. The van der Waals surface area contributed by atoms with E-state index in [0.717, 1.165) is 13.1 Å². The first-order valence-electron chi connectivity index (χ1n) is 6.46. The lowest BCUT2D eigenvalue weighted by atomic mass is 10.1. The van der Waals surface area contributed by atoms with Gasteiger partial charge in [-0.2, -0.15) is 0 Å². The van der Waals surface area contributed by atoms with E-state index in [1.54, 1.807) is 7.11 Å². The molecule has 2 aromatic rings. The topological polar surface area (TPSA) is 34.1 Å². The van der Waals surface area contributed by atoms with Gasteiger partial charge in [0.25, 0.3) is 0 Å². The molecule has 0 spiro atoms. The van der Waals surface area contributed by atoms with Gasteiger partial charge in [0, 0.05) is 32.6 Å². The summed E-state index contributed by atoms with van der Waals surface area (Å²) in [5.41, 5.74) is 4.89. The Kier molecular flexibility index (Phi) is 5.07. The lowest BCUT2D eigenvalue weighted by Crippen LogP contribution is -2.13. The molecule has 0 radical (unpaired) electrons. The number of hydrogen-bond donors (Lipinski definition) is 1. The van der Waals surface area contributed by atoms with Crippen LogP contribution in [0.2, 0.25) is 0 Å². The number of nitrogens with zero attached hydrogens (tertiary/aromatic N) is 1. The maximum atomic E-state index is 5.14. The molecule has 0 aliphatic rings. The summed E-state index contributed by atoms with van der Waals surface area (Å²) < 4.78 is 5.14. The van der Waals surface area contributed by atoms with Crippen LogP contribution in [0, 0.1) is 6.92 Å². The number of methoxy groups -OCH3 is 1. The Hall–Kier alpha value is -1.71. The van der Waals surface area contributed by atoms with Crippen LogP contribution in [0.5, 0.6) is 0 Å². The van der Waals surface area contributed by atoms with Gasteiger partial charge in [-0.1, -0.05) is 30.3 Å². The zero-order chi connectivity index (χ0) is 13.5. The number of pyridine rings is 1. The molecule has 1 aromatic heterocycles. The van der Waals surface area contributed by atoms with Gasteiger partial charge in [0.15, 0.2) is 0 Å². The van der Waals surface area contributed by atoms with Crippen LogP contribution < -0.4 is 5.32 Å². The van der Waals surface area contributed by atoms with E-state index in [4.69, 9.17) is 4.74 Å². The van der Waals surface area contributed by atoms with Crippen LogP contribution in [-0.2, 0) is 24.4 Å². The highest BCUT2D eigenvalue weighted by molar-refractivity contribution is 5.23. The van der Waals surface area contributed by atoms with Crippen molar-refractivity contribution >= 4 is 0 Å². The van der Waals surface area contributed by atoms with Gasteiger partial charge in [-0.15, -0.1) is 0 Å². The van der Waals surface area contributed by atoms with Gasteiger partial charge in [0.1, 0.15) is 0 Å². The molecule has 0 amide bonds. The second-order valence-corrected chi connectivity index (χ2v) is 4.73. The van der Waals surface area contributed by atoms with E-state index in [1.165, 1.54) is 22.3 Å². The van der Waals surface area contributed by atoms with Crippen molar-refractivity contribution in [1.82, 2.24) is 10.3 Å². The quantitative estimate of drug-likeness (QED) is 0.863. The number of nitrogens with one attached hydrogen (secondary N) is 1. The summed E-state index contributed by atoms with van der Waals surface area (Å²) in [6.07, 6.45) is 3.78. The van der Waals surface area contributed by atoms with Gasteiger partial charge in [0.05, 0.1) is 6.61 Å². The van der Waals surface area contributed by atoms with E-state index in [0.29, 0.717) is 6.61 Å². The lowest BCUT2D eigenvalue weighted by molar-refractivity contribution is 0.185. The second kappa shape index (κ2) is 7.02. The van der Waals surface area contributed by atoms with Crippen molar-refractivity contribution in [3.8, 4) is 0 Å². The fraction of sp³-hybridized carbons (Fsp3) is 0.312. The number of aromatic nitrogens is 1. The van der Waals surface area contributed by atoms with Crippen molar-refractivity contribution in [2.24, 2.45) is 0 Å². The first-order valence-corrected chi connectivity index (χ1v) is 6.46. The largest absolute Gasteiger partial charge is 0.380 e. The minimum Gasteiger partial charge on any atom is -0.380 e. The molecule has 1 heterocycles. The summed E-state index contributed by atoms with van der Waals surface area (Å²) in [6, 6.07) is 10.6. The molecule has 19 heavy (non-hydrogen) atoms. The Morgan fingerprint density at radius 2 is 1.84 bits per heavy atom. The number of rotatable bonds is 6. The standard InChI is InChI=1S/C16H20N2O/c1-13-6-16(10-17-8-13)11-18-9-14-4-3-5-15(7-14)12-19-2/h3-8,10,18H,9,11-12H2,1-2H3. The average Bonchev–Trinajstić information content (AvgIpc) is 2.40. The fourth-order valence-electron chi connectivity index (χ4n) is 2.06. The average molecular weight is 256 g/mol. The molecule has 0 aliphatic carbocycles. The normalized spacial score (nSPS) is 10.6. The molecule has 3 nitrogen and oxygen atoms in total. The van der Waals surface area contributed by atoms with Crippen molar-refractivity contribution < 1.29 is 4.74 Å². The molecule has 0 saturated carbocycles. The summed E-state index contributed by atoms with van der Waals surface area (Å²) in [7, 11) is 1.72. The van der Waals surface area contributed by atoms with Crippen molar-refractivity contribution in [2.45, 2.75) is 26.6 Å². The minimum absolute atomic E-state index is 0.662. The number of benzene rings is 1. The molecule has 3 heteroatoms. The summed E-state index contributed by atoms with van der Waals surface area (Å²) in [4.78, 5) is 4.19. The fourth-order valence-corrected chi connectivity index (χ4v) is 2.06. The van der Waals surface area contributed by atoms with E-state index in [2.05, 4.69) is 47.6 Å². The number of hydrogen-bond acceptors (Lipinski definition) is 3. The number of ether oxygens (including phenoxy) is 1. The first kappa shape index (κ1) is 13.7. The summed E-state index contributed by atoms with van der Waals surface area (Å²) in [5.74, 6) is 0. The Morgan fingerprint density at radius 1 is 1.05 bits per heavy atom. The monoisotopic (exact) mass is 256 g/mol. The predicted molar refractivity (Wildman–Crippen MR) is 76.7 cm³/mol. The molecule has 2 rings (SSSR count). The van der Waals surface area contributed by atoms with Crippen LogP contribution in [0.3, 0.4) is 0 Å². The Morgan fingerprint density at radius 3 is 2.63 bits per heavy atom. The zero-order valence-electron chi connectivity index (χ0n) is 11.5. The van der Waals surface area contributed by atoms with Crippen LogP contribution in [0.15, 0.2) is 42.7 Å². The first-order chi connectivity index (χ1) is 9.28. The lowest BCUT2D eigenvalue weighted by Gasteiger charge is -2.07. The van der Waals surface area contributed by atoms with E-state index in [-0.39, 0.29) is 0 Å². The van der Waals surface area contributed by atoms with Crippen molar-refractivity contribution in [1.29, 1.82) is 0 Å². The van der Waals surface area contributed by atoms with Crippen LogP contribution in [0.4, 0.5) is 0 Å². The van der Waals surface area contributed by atoms with Gasteiger partial charge >= 0.3 is 0 Å². The maximum Gasteiger partial charge on any atom is 0.0713 e. The van der Waals surface area contributed by atoms with Crippen LogP contribution >= 0.6 is 0 Å². The zero-order valence-corrected chi connectivity index (χ0v) is 11.5. The van der Waals surface area contributed by atoms with E-state index >= 15 is 0 Å². The Balaban J connectivity index is 1.87. The SMILES string of the molecule is COCc1cccc(CNCc2cncc(C)c2)c1. The minimum atomic E-state index is 0.662. The van der Waals surface area contributed by atoms with Crippen molar-refractivity contribution in [3.63, 3.8) is 0 Å². The molecule has 0 atom stereocenters. The highest BCUT2D eigenvalue weighted by atomic mass is 16.5. The summed E-state index contributed by atoms with van der Waals surface area (Å²) in [5, 5.41) is 3.43. The molecular weight excluding hydrogens is 236 g/mol. The Labute approximate surface area is 114 Å². The van der Waals surface area contributed by atoms with Gasteiger partial charge in [-0.25, -0.2) is 0 Å². The third-order valence-corrected chi connectivity index (χ3v) is 2.89. The van der Waals surface area contributed by atoms with Gasteiger partial charge in [0.2, 0.25) is 0 Å². The van der Waals surface area contributed by atoms with Gasteiger partial charge < -0.3 is 10.1 Å². The van der Waals surface area contributed by atoms with Crippen LogP contribution in [0.25, 0.3) is 0 Å². The maximum absolute atomic E-state index is 5.14.